The lowest BCUT2D eigenvalue weighted by Crippen LogP contribution is -2.34. The van der Waals surface area contributed by atoms with E-state index in [1.54, 1.807) is 0 Å². The summed E-state index contributed by atoms with van der Waals surface area (Å²) in [6.07, 6.45) is 2.25. The van der Waals surface area contributed by atoms with Gasteiger partial charge in [0.2, 0.25) is 5.89 Å². The molecule has 1 fully saturated rings. The zero-order valence-corrected chi connectivity index (χ0v) is 16.0. The van der Waals surface area contributed by atoms with Crippen molar-refractivity contribution in [1.82, 2.24) is 9.88 Å². The van der Waals surface area contributed by atoms with Gasteiger partial charge in [-0.15, -0.1) is 0 Å². The molecule has 1 aliphatic heterocycles. The fourth-order valence-electron chi connectivity index (χ4n) is 3.26. The van der Waals surface area contributed by atoms with Crippen LogP contribution in [0.5, 0.6) is 0 Å². The van der Waals surface area contributed by atoms with Gasteiger partial charge in [0.1, 0.15) is 5.76 Å². The van der Waals surface area contributed by atoms with Gasteiger partial charge in [-0.25, -0.2) is 4.98 Å². The second-order valence-corrected chi connectivity index (χ2v) is 7.19. The van der Waals surface area contributed by atoms with Crippen molar-refractivity contribution in [3.8, 4) is 0 Å². The number of oxazole rings is 1. The minimum atomic E-state index is 0.490. The van der Waals surface area contributed by atoms with Gasteiger partial charge in [0.05, 0.1) is 12.2 Å². The van der Waals surface area contributed by atoms with Crippen LogP contribution >= 0.6 is 0 Å². The number of aromatic nitrogens is 1. The largest absolute Gasteiger partial charge is 0.444 e. The third-order valence-electron chi connectivity index (χ3n) is 4.95. The predicted molar refractivity (Wildman–Crippen MR) is 105 cm³/mol. The molecule has 1 aliphatic rings. The Morgan fingerprint density at radius 1 is 1.31 bits per heavy atom. The van der Waals surface area contributed by atoms with Crippen LogP contribution in [-0.2, 0) is 6.54 Å². The van der Waals surface area contributed by atoms with Crippen LogP contribution < -0.4 is 11.1 Å². The minimum Gasteiger partial charge on any atom is -0.444 e. The summed E-state index contributed by atoms with van der Waals surface area (Å²) in [6, 6.07) is 8.14. The van der Waals surface area contributed by atoms with Crippen molar-refractivity contribution < 1.29 is 4.42 Å². The fourth-order valence-corrected chi connectivity index (χ4v) is 3.26. The first-order valence-corrected chi connectivity index (χ1v) is 9.28. The topological polar surface area (TPSA) is 79.7 Å². The Balaban J connectivity index is 1.43. The van der Waals surface area contributed by atoms with Crippen LogP contribution in [-0.4, -0.2) is 35.5 Å². The second-order valence-electron chi connectivity index (χ2n) is 7.19. The number of hydrogen-bond donors (Lipinski definition) is 2. The highest BCUT2D eigenvalue weighted by molar-refractivity contribution is 5.92. The SMILES string of the molecule is Cc1cccc(NC(N)=NCC2CCN(Cc3nc(C)c(C)o3)CC2)c1. The summed E-state index contributed by atoms with van der Waals surface area (Å²) >= 11 is 0. The Hall–Kier alpha value is -2.34. The van der Waals surface area contributed by atoms with Crippen LogP contribution in [0.2, 0.25) is 0 Å². The number of nitrogens with one attached hydrogen (secondary N) is 1. The smallest absolute Gasteiger partial charge is 0.208 e. The summed E-state index contributed by atoms with van der Waals surface area (Å²) in [6.45, 7) is 9.68. The van der Waals surface area contributed by atoms with E-state index in [1.165, 1.54) is 5.56 Å². The lowest BCUT2D eigenvalue weighted by molar-refractivity contribution is 0.166. The fraction of sp³-hybridized carbons (Fsp3) is 0.500. The minimum absolute atomic E-state index is 0.490. The van der Waals surface area contributed by atoms with Crippen molar-refractivity contribution in [2.75, 3.05) is 25.0 Å². The lowest BCUT2D eigenvalue weighted by Gasteiger charge is -2.30. The molecular formula is C20H29N5O. The number of aryl methyl sites for hydroxylation is 3. The quantitative estimate of drug-likeness (QED) is 0.636. The summed E-state index contributed by atoms with van der Waals surface area (Å²) in [7, 11) is 0. The van der Waals surface area contributed by atoms with Gasteiger partial charge in [-0.1, -0.05) is 12.1 Å². The number of likely N-dealkylation sites (tertiary alicyclic amines) is 1. The molecule has 2 heterocycles. The third-order valence-corrected chi connectivity index (χ3v) is 4.95. The van der Waals surface area contributed by atoms with Crippen LogP contribution in [0.15, 0.2) is 33.7 Å². The molecule has 0 atom stereocenters. The van der Waals surface area contributed by atoms with Crippen molar-refractivity contribution in [3.63, 3.8) is 0 Å². The number of nitrogens with zero attached hydrogens (tertiary/aromatic N) is 3. The van der Waals surface area contributed by atoms with Crippen LogP contribution in [0.25, 0.3) is 0 Å². The van der Waals surface area contributed by atoms with E-state index < -0.39 is 0 Å². The van der Waals surface area contributed by atoms with Crippen molar-refractivity contribution in [2.24, 2.45) is 16.6 Å². The highest BCUT2D eigenvalue weighted by atomic mass is 16.4. The number of hydrogen-bond acceptors (Lipinski definition) is 4. The van der Waals surface area contributed by atoms with E-state index in [9.17, 15) is 0 Å². The van der Waals surface area contributed by atoms with Crippen molar-refractivity contribution >= 4 is 11.6 Å². The van der Waals surface area contributed by atoms with Gasteiger partial charge >= 0.3 is 0 Å². The van der Waals surface area contributed by atoms with E-state index in [1.807, 2.05) is 26.0 Å². The molecule has 0 saturated carbocycles. The zero-order valence-electron chi connectivity index (χ0n) is 16.0. The first-order valence-electron chi connectivity index (χ1n) is 9.28. The number of guanidine groups is 1. The molecule has 0 spiro atoms. The van der Waals surface area contributed by atoms with Gasteiger partial charge in [0, 0.05) is 12.2 Å². The summed E-state index contributed by atoms with van der Waals surface area (Å²) in [4.78, 5) is 11.4. The Kier molecular flexibility index (Phi) is 5.93. The zero-order chi connectivity index (χ0) is 18.5. The van der Waals surface area contributed by atoms with E-state index >= 15 is 0 Å². The molecule has 0 unspecified atom stereocenters. The summed E-state index contributed by atoms with van der Waals surface area (Å²) in [5, 5.41) is 3.17. The van der Waals surface area contributed by atoms with Gasteiger partial charge in [-0.2, -0.15) is 0 Å². The first-order chi connectivity index (χ1) is 12.5. The highest BCUT2D eigenvalue weighted by Gasteiger charge is 2.20. The molecule has 6 heteroatoms. The maximum Gasteiger partial charge on any atom is 0.208 e. The molecule has 1 aromatic heterocycles. The van der Waals surface area contributed by atoms with E-state index in [0.29, 0.717) is 11.9 Å². The van der Waals surface area contributed by atoms with E-state index in [-0.39, 0.29) is 0 Å². The summed E-state index contributed by atoms with van der Waals surface area (Å²) in [5.74, 6) is 2.81. The molecule has 3 N–H and O–H groups in total. The van der Waals surface area contributed by atoms with Crippen LogP contribution in [0.3, 0.4) is 0 Å². The Morgan fingerprint density at radius 2 is 2.08 bits per heavy atom. The Bertz CT molecular complexity index is 740. The van der Waals surface area contributed by atoms with Crippen LogP contribution in [0.1, 0.15) is 35.7 Å². The monoisotopic (exact) mass is 355 g/mol. The van der Waals surface area contributed by atoms with Gasteiger partial charge in [0.15, 0.2) is 5.96 Å². The number of anilines is 1. The molecule has 140 valence electrons. The standard InChI is InChI=1S/C20H29N5O/c1-14-5-4-6-18(11-14)24-20(21)22-12-17-7-9-25(10-8-17)13-19-23-15(2)16(3)26-19/h4-6,11,17H,7-10,12-13H2,1-3H3,(H3,21,22,24). The molecule has 26 heavy (non-hydrogen) atoms. The maximum atomic E-state index is 6.03. The molecule has 0 amide bonds. The molecule has 0 radical (unpaired) electrons. The molecule has 0 aliphatic carbocycles. The number of nitrogens with two attached hydrogens (primary N) is 1. The van der Waals surface area contributed by atoms with Gasteiger partial charge in [0.25, 0.3) is 0 Å². The van der Waals surface area contributed by atoms with Gasteiger partial charge < -0.3 is 15.5 Å². The highest BCUT2D eigenvalue weighted by Crippen LogP contribution is 2.20. The van der Waals surface area contributed by atoms with Gasteiger partial charge in [-0.05, 0) is 70.3 Å². The van der Waals surface area contributed by atoms with Crippen molar-refractivity contribution in [1.29, 1.82) is 0 Å². The van der Waals surface area contributed by atoms with E-state index in [4.69, 9.17) is 10.2 Å². The molecule has 0 bridgehead atoms. The summed E-state index contributed by atoms with van der Waals surface area (Å²) in [5.41, 5.74) is 9.20. The molecule has 3 rings (SSSR count). The van der Waals surface area contributed by atoms with Gasteiger partial charge in [-0.3, -0.25) is 9.89 Å². The molecule has 1 aromatic carbocycles. The van der Waals surface area contributed by atoms with Crippen LogP contribution in [0.4, 0.5) is 5.69 Å². The average Bonchev–Trinajstić information content (AvgIpc) is 2.92. The van der Waals surface area contributed by atoms with Crippen molar-refractivity contribution in [3.05, 3.63) is 47.2 Å². The van der Waals surface area contributed by atoms with E-state index in [2.05, 4.69) is 39.2 Å². The van der Waals surface area contributed by atoms with E-state index in [0.717, 1.165) is 62.1 Å². The Labute approximate surface area is 155 Å². The molecule has 6 nitrogen and oxygen atoms in total. The lowest BCUT2D eigenvalue weighted by atomic mass is 9.97. The number of aliphatic imine (C=N–C) groups is 1. The number of piperidine rings is 1. The summed E-state index contributed by atoms with van der Waals surface area (Å²) < 4.78 is 5.69. The first kappa shape index (κ1) is 18.5. The normalized spacial score (nSPS) is 16.8. The number of rotatable bonds is 5. The predicted octanol–water partition coefficient (Wildman–Crippen LogP) is 3.24. The van der Waals surface area contributed by atoms with Crippen molar-refractivity contribution in [2.45, 2.75) is 40.2 Å². The van der Waals surface area contributed by atoms with Crippen LogP contribution in [0, 0.1) is 26.7 Å². The molecule has 1 saturated heterocycles. The average molecular weight is 355 g/mol. The third kappa shape index (κ3) is 5.08. The maximum absolute atomic E-state index is 6.03. The molecular weight excluding hydrogens is 326 g/mol. The number of benzene rings is 1. The molecule has 2 aromatic rings. The Morgan fingerprint density at radius 3 is 2.73 bits per heavy atom. The second kappa shape index (κ2) is 8.36.